The summed E-state index contributed by atoms with van der Waals surface area (Å²) in [7, 11) is 0. The van der Waals surface area contributed by atoms with Gasteiger partial charge in [-0.1, -0.05) is 23.7 Å². The summed E-state index contributed by atoms with van der Waals surface area (Å²) in [6.45, 7) is 2.91. The molecule has 0 spiro atoms. The Morgan fingerprint density at radius 2 is 2.24 bits per heavy atom. The third-order valence-electron chi connectivity index (χ3n) is 2.82. The molecule has 0 heterocycles. The summed E-state index contributed by atoms with van der Waals surface area (Å²) in [5, 5.41) is 3.40. The fraction of sp³-hybridized carbons (Fsp3) is 0.538. The Balaban J connectivity index is 1.61. The summed E-state index contributed by atoms with van der Waals surface area (Å²) in [6, 6.07) is 4.86. The van der Waals surface area contributed by atoms with Crippen molar-refractivity contribution < 1.29 is 9.13 Å². The Labute approximate surface area is 106 Å². The maximum atomic E-state index is 13.1. The third-order valence-corrected chi connectivity index (χ3v) is 3.24. The smallest absolute Gasteiger partial charge is 0.142 e. The number of rotatable bonds is 7. The first-order valence-electron chi connectivity index (χ1n) is 5.98. The topological polar surface area (TPSA) is 21.3 Å². The second-order valence-corrected chi connectivity index (χ2v) is 4.79. The molecule has 0 bridgehead atoms. The molecule has 0 aromatic heterocycles. The van der Waals surface area contributed by atoms with Crippen LogP contribution in [0.5, 0.6) is 0 Å². The van der Waals surface area contributed by atoms with Crippen LogP contribution in [-0.4, -0.2) is 19.8 Å². The van der Waals surface area contributed by atoms with E-state index >= 15 is 0 Å². The number of hydrogen-bond acceptors (Lipinski definition) is 2. The van der Waals surface area contributed by atoms with Gasteiger partial charge in [0.05, 0.1) is 11.6 Å². The lowest BCUT2D eigenvalue weighted by molar-refractivity contribution is 0.126. The van der Waals surface area contributed by atoms with Crippen LogP contribution in [0.3, 0.4) is 0 Å². The second kappa shape index (κ2) is 6.34. The van der Waals surface area contributed by atoms with Crippen LogP contribution in [0.25, 0.3) is 0 Å². The summed E-state index contributed by atoms with van der Waals surface area (Å²) in [5.74, 6) is 0.434. The predicted molar refractivity (Wildman–Crippen MR) is 66.7 cm³/mol. The highest BCUT2D eigenvalue weighted by Gasteiger charge is 2.20. The van der Waals surface area contributed by atoms with Gasteiger partial charge in [0.1, 0.15) is 5.82 Å². The summed E-state index contributed by atoms with van der Waals surface area (Å²) >= 11 is 5.84. The quantitative estimate of drug-likeness (QED) is 0.759. The minimum absolute atomic E-state index is 0.207. The molecule has 2 rings (SSSR count). The Morgan fingerprint density at radius 3 is 3.00 bits per heavy atom. The van der Waals surface area contributed by atoms with Crippen molar-refractivity contribution in [1.82, 2.24) is 5.32 Å². The molecule has 0 amide bonds. The van der Waals surface area contributed by atoms with E-state index < -0.39 is 0 Å². The van der Waals surface area contributed by atoms with Gasteiger partial charge in [-0.2, -0.15) is 0 Å². The van der Waals surface area contributed by atoms with Crippen LogP contribution in [0.2, 0.25) is 5.02 Å². The summed E-state index contributed by atoms with van der Waals surface area (Å²) in [5.41, 5.74) is 0.786. The van der Waals surface area contributed by atoms with Gasteiger partial charge in [0, 0.05) is 19.7 Å². The molecular weight excluding hydrogens is 241 g/mol. The molecule has 0 aliphatic heterocycles. The Bertz CT molecular complexity index is 368. The molecule has 0 saturated heterocycles. The van der Waals surface area contributed by atoms with Gasteiger partial charge in [-0.25, -0.2) is 4.39 Å². The lowest BCUT2D eigenvalue weighted by atomic mass is 10.2. The van der Waals surface area contributed by atoms with E-state index in [1.165, 1.54) is 18.9 Å². The van der Waals surface area contributed by atoms with Gasteiger partial charge in [-0.3, -0.25) is 0 Å². The molecule has 1 fully saturated rings. The molecule has 94 valence electrons. The number of benzene rings is 1. The van der Waals surface area contributed by atoms with Crippen molar-refractivity contribution in [3.8, 4) is 0 Å². The van der Waals surface area contributed by atoms with Crippen molar-refractivity contribution in [2.45, 2.75) is 19.4 Å². The zero-order valence-electron chi connectivity index (χ0n) is 9.72. The van der Waals surface area contributed by atoms with Crippen LogP contribution < -0.4 is 5.32 Å². The predicted octanol–water partition coefficient (Wildman–Crippen LogP) is 3.00. The van der Waals surface area contributed by atoms with Gasteiger partial charge in [0.2, 0.25) is 0 Å². The molecule has 0 unspecified atom stereocenters. The van der Waals surface area contributed by atoms with Gasteiger partial charge < -0.3 is 10.1 Å². The van der Waals surface area contributed by atoms with E-state index in [0.717, 1.165) is 24.6 Å². The van der Waals surface area contributed by atoms with E-state index in [-0.39, 0.29) is 10.8 Å². The third kappa shape index (κ3) is 4.26. The molecular formula is C13H17ClFNO. The molecule has 1 aliphatic carbocycles. The monoisotopic (exact) mass is 257 g/mol. The molecule has 4 heteroatoms. The molecule has 17 heavy (non-hydrogen) atoms. The van der Waals surface area contributed by atoms with Crippen molar-refractivity contribution in [3.05, 3.63) is 34.6 Å². The SMILES string of the molecule is Fc1cccc(CNCCOCC2CC2)c1Cl. The summed E-state index contributed by atoms with van der Waals surface area (Å²) in [4.78, 5) is 0. The highest BCUT2D eigenvalue weighted by molar-refractivity contribution is 6.31. The van der Waals surface area contributed by atoms with Crippen LogP contribution in [0, 0.1) is 11.7 Å². The zero-order valence-corrected chi connectivity index (χ0v) is 10.5. The largest absolute Gasteiger partial charge is 0.380 e. The minimum Gasteiger partial charge on any atom is -0.380 e. The molecule has 1 aromatic rings. The first kappa shape index (κ1) is 12.8. The molecule has 0 atom stereocenters. The molecule has 1 aliphatic rings. The van der Waals surface area contributed by atoms with Crippen LogP contribution in [0.15, 0.2) is 18.2 Å². The molecule has 1 saturated carbocycles. The fourth-order valence-electron chi connectivity index (χ4n) is 1.59. The Morgan fingerprint density at radius 1 is 1.41 bits per heavy atom. The average molecular weight is 258 g/mol. The maximum Gasteiger partial charge on any atom is 0.142 e. The van der Waals surface area contributed by atoms with E-state index in [0.29, 0.717) is 13.2 Å². The van der Waals surface area contributed by atoms with Gasteiger partial charge >= 0.3 is 0 Å². The second-order valence-electron chi connectivity index (χ2n) is 4.41. The Hall–Kier alpha value is -0.640. The first-order valence-corrected chi connectivity index (χ1v) is 6.36. The van der Waals surface area contributed by atoms with Crippen molar-refractivity contribution in [3.63, 3.8) is 0 Å². The number of nitrogens with one attached hydrogen (secondary N) is 1. The molecule has 0 radical (unpaired) electrons. The summed E-state index contributed by atoms with van der Waals surface area (Å²) < 4.78 is 18.6. The van der Waals surface area contributed by atoms with Crippen molar-refractivity contribution in [2.24, 2.45) is 5.92 Å². The zero-order chi connectivity index (χ0) is 12.1. The van der Waals surface area contributed by atoms with Crippen LogP contribution in [0.4, 0.5) is 4.39 Å². The van der Waals surface area contributed by atoms with E-state index in [1.54, 1.807) is 6.07 Å². The van der Waals surface area contributed by atoms with Crippen LogP contribution in [-0.2, 0) is 11.3 Å². The van der Waals surface area contributed by atoms with Gasteiger partial charge in [0.15, 0.2) is 0 Å². The maximum absolute atomic E-state index is 13.1. The van der Waals surface area contributed by atoms with E-state index in [4.69, 9.17) is 16.3 Å². The molecule has 1 aromatic carbocycles. The lowest BCUT2D eigenvalue weighted by Gasteiger charge is -2.07. The van der Waals surface area contributed by atoms with Crippen LogP contribution in [0.1, 0.15) is 18.4 Å². The minimum atomic E-state index is -0.365. The van der Waals surface area contributed by atoms with Gasteiger partial charge in [-0.05, 0) is 30.4 Å². The summed E-state index contributed by atoms with van der Waals surface area (Å²) in [6.07, 6.45) is 2.62. The van der Waals surface area contributed by atoms with E-state index in [1.807, 2.05) is 6.07 Å². The van der Waals surface area contributed by atoms with Crippen LogP contribution >= 0.6 is 11.6 Å². The van der Waals surface area contributed by atoms with Crippen molar-refractivity contribution in [2.75, 3.05) is 19.8 Å². The van der Waals surface area contributed by atoms with Crippen molar-refractivity contribution >= 4 is 11.6 Å². The fourth-order valence-corrected chi connectivity index (χ4v) is 1.78. The number of hydrogen-bond donors (Lipinski definition) is 1. The Kier molecular flexibility index (Phi) is 4.77. The normalized spacial score (nSPS) is 15.2. The van der Waals surface area contributed by atoms with E-state index in [2.05, 4.69) is 5.32 Å². The average Bonchev–Trinajstić information content (AvgIpc) is 3.12. The number of ether oxygens (including phenoxy) is 1. The first-order chi connectivity index (χ1) is 8.27. The molecule has 2 nitrogen and oxygen atoms in total. The lowest BCUT2D eigenvalue weighted by Crippen LogP contribution is -2.20. The standard InChI is InChI=1S/C13H17ClFNO/c14-13-11(2-1-3-12(13)15)8-16-6-7-17-9-10-4-5-10/h1-3,10,16H,4-9H2. The highest BCUT2D eigenvalue weighted by Crippen LogP contribution is 2.28. The van der Waals surface area contributed by atoms with E-state index in [9.17, 15) is 4.39 Å². The number of halogens is 2. The van der Waals surface area contributed by atoms with Crippen molar-refractivity contribution in [1.29, 1.82) is 0 Å². The van der Waals surface area contributed by atoms with Gasteiger partial charge in [-0.15, -0.1) is 0 Å². The highest BCUT2D eigenvalue weighted by atomic mass is 35.5. The molecule has 1 N–H and O–H groups in total. The van der Waals surface area contributed by atoms with Gasteiger partial charge in [0.25, 0.3) is 0 Å².